The van der Waals surface area contributed by atoms with Crippen LogP contribution in [-0.4, -0.2) is 40.0 Å². The molecule has 31 heavy (non-hydrogen) atoms. The van der Waals surface area contributed by atoms with Crippen molar-refractivity contribution in [2.24, 2.45) is 0 Å². The molecule has 0 radical (unpaired) electrons. The highest BCUT2D eigenvalue weighted by Gasteiger charge is 2.20. The molecule has 160 valence electrons. The predicted octanol–water partition coefficient (Wildman–Crippen LogP) is 3.44. The summed E-state index contributed by atoms with van der Waals surface area (Å²) < 4.78 is 0. The average Bonchev–Trinajstić information content (AvgIpc) is 2.84. The molecule has 1 fully saturated rings. The molecule has 0 unspecified atom stereocenters. The van der Waals surface area contributed by atoms with Gasteiger partial charge < -0.3 is 15.5 Å². The maximum atomic E-state index is 12.5. The number of aryl methyl sites for hydroxylation is 1. The molecule has 1 aliphatic rings. The maximum Gasteiger partial charge on any atom is 0.270 e. The average molecular weight is 417 g/mol. The monoisotopic (exact) mass is 416 g/mol. The highest BCUT2D eigenvalue weighted by atomic mass is 16.1. The van der Waals surface area contributed by atoms with Crippen LogP contribution in [0, 0.1) is 0 Å². The van der Waals surface area contributed by atoms with Crippen molar-refractivity contribution in [3.05, 3.63) is 78.0 Å². The van der Waals surface area contributed by atoms with Crippen molar-refractivity contribution in [3.8, 4) is 0 Å². The van der Waals surface area contributed by atoms with E-state index < -0.39 is 0 Å². The number of nitrogens with zero attached hydrogens (tertiary/aromatic N) is 4. The van der Waals surface area contributed by atoms with Crippen molar-refractivity contribution in [1.29, 1.82) is 0 Å². The second-order valence-corrected chi connectivity index (χ2v) is 7.72. The van der Waals surface area contributed by atoms with Gasteiger partial charge in [-0.1, -0.05) is 37.3 Å². The van der Waals surface area contributed by atoms with Crippen LogP contribution >= 0.6 is 0 Å². The smallest absolute Gasteiger partial charge is 0.270 e. The summed E-state index contributed by atoms with van der Waals surface area (Å²) >= 11 is 0. The van der Waals surface area contributed by atoms with Gasteiger partial charge in [-0.3, -0.25) is 9.78 Å². The van der Waals surface area contributed by atoms with Crippen LogP contribution in [0.1, 0.15) is 41.5 Å². The molecule has 0 atom stereocenters. The summed E-state index contributed by atoms with van der Waals surface area (Å²) in [5.41, 5.74) is 3.48. The number of anilines is 2. The van der Waals surface area contributed by atoms with Crippen LogP contribution in [0.3, 0.4) is 0 Å². The highest BCUT2D eigenvalue weighted by Crippen LogP contribution is 2.21. The van der Waals surface area contributed by atoms with Gasteiger partial charge in [-0.15, -0.1) is 0 Å². The van der Waals surface area contributed by atoms with E-state index in [1.807, 2.05) is 42.5 Å². The van der Waals surface area contributed by atoms with E-state index in [-0.39, 0.29) is 5.91 Å². The third kappa shape index (κ3) is 5.57. The van der Waals surface area contributed by atoms with Gasteiger partial charge in [-0.05, 0) is 37.0 Å². The van der Waals surface area contributed by atoms with E-state index in [0.29, 0.717) is 18.3 Å². The van der Waals surface area contributed by atoms with E-state index in [1.54, 1.807) is 12.5 Å². The number of pyridine rings is 1. The Morgan fingerprint density at radius 3 is 2.65 bits per heavy atom. The Labute approximate surface area is 183 Å². The lowest BCUT2D eigenvalue weighted by molar-refractivity contribution is 0.0946. The fourth-order valence-electron chi connectivity index (χ4n) is 3.75. The summed E-state index contributed by atoms with van der Waals surface area (Å²) in [6.07, 6.45) is 6.26. The van der Waals surface area contributed by atoms with E-state index in [2.05, 4.69) is 43.5 Å². The summed E-state index contributed by atoms with van der Waals surface area (Å²) in [5.74, 6) is 0.837. The molecular formula is C24H28N6O. The normalized spacial score (nSPS) is 14.3. The minimum Gasteiger partial charge on any atom is -0.382 e. The molecule has 0 spiro atoms. The SMILES string of the molecule is CCc1cc(N2CCC(Nc3ccnc(C(=O)NCc4ccccc4)c3)CC2)ncn1. The Hall–Kier alpha value is -3.48. The van der Waals surface area contributed by atoms with E-state index in [0.717, 1.165) is 55.1 Å². The van der Waals surface area contributed by atoms with Crippen LogP contribution in [0.5, 0.6) is 0 Å². The van der Waals surface area contributed by atoms with E-state index in [4.69, 9.17) is 0 Å². The molecule has 2 aromatic heterocycles. The van der Waals surface area contributed by atoms with Crippen molar-refractivity contribution in [3.63, 3.8) is 0 Å². The number of carbonyl (C=O) groups excluding carboxylic acids is 1. The number of benzene rings is 1. The lowest BCUT2D eigenvalue weighted by Gasteiger charge is -2.33. The van der Waals surface area contributed by atoms with Gasteiger partial charge in [0.25, 0.3) is 5.91 Å². The van der Waals surface area contributed by atoms with E-state index in [9.17, 15) is 4.79 Å². The molecule has 4 rings (SSSR count). The van der Waals surface area contributed by atoms with Gasteiger partial charge in [0.2, 0.25) is 0 Å². The molecule has 7 nitrogen and oxygen atoms in total. The molecule has 7 heteroatoms. The fourth-order valence-corrected chi connectivity index (χ4v) is 3.75. The van der Waals surface area contributed by atoms with Crippen molar-refractivity contribution in [1.82, 2.24) is 20.3 Å². The predicted molar refractivity (Wildman–Crippen MR) is 122 cm³/mol. The third-order valence-electron chi connectivity index (χ3n) is 5.55. The van der Waals surface area contributed by atoms with Crippen LogP contribution < -0.4 is 15.5 Å². The lowest BCUT2D eigenvalue weighted by atomic mass is 10.0. The van der Waals surface area contributed by atoms with Crippen LogP contribution in [0.25, 0.3) is 0 Å². The Kier molecular flexibility index (Phi) is 6.72. The topological polar surface area (TPSA) is 83.0 Å². The first kappa shape index (κ1) is 20.8. The lowest BCUT2D eigenvalue weighted by Crippen LogP contribution is -2.39. The number of aromatic nitrogens is 3. The minimum absolute atomic E-state index is 0.169. The number of piperidine rings is 1. The van der Waals surface area contributed by atoms with E-state index in [1.165, 1.54) is 0 Å². The summed E-state index contributed by atoms with van der Waals surface area (Å²) in [5, 5.41) is 6.50. The molecule has 0 saturated carbocycles. The van der Waals surface area contributed by atoms with Gasteiger partial charge in [0.1, 0.15) is 17.8 Å². The third-order valence-corrected chi connectivity index (χ3v) is 5.55. The number of carbonyl (C=O) groups is 1. The standard InChI is InChI=1S/C24H28N6O/c1-2-19-15-23(28-17-27-19)30-12-9-20(10-13-30)29-21-8-11-25-22(14-21)24(31)26-16-18-6-4-3-5-7-18/h3-8,11,14-15,17,20H,2,9-10,12-13,16H2,1H3,(H,25,29)(H,26,31). The Morgan fingerprint density at radius 1 is 1.06 bits per heavy atom. The highest BCUT2D eigenvalue weighted by molar-refractivity contribution is 5.93. The van der Waals surface area contributed by atoms with Gasteiger partial charge in [0.05, 0.1) is 0 Å². The van der Waals surface area contributed by atoms with Crippen molar-refractivity contribution in [2.75, 3.05) is 23.3 Å². The molecule has 0 bridgehead atoms. The Balaban J connectivity index is 1.30. The van der Waals surface area contributed by atoms with Crippen molar-refractivity contribution < 1.29 is 4.79 Å². The van der Waals surface area contributed by atoms with Gasteiger partial charge in [-0.2, -0.15) is 0 Å². The largest absolute Gasteiger partial charge is 0.382 e. The molecule has 3 aromatic rings. The van der Waals surface area contributed by atoms with Crippen molar-refractivity contribution in [2.45, 2.75) is 38.8 Å². The molecule has 2 N–H and O–H groups in total. The first-order chi connectivity index (χ1) is 15.2. The second kappa shape index (κ2) is 10.0. The van der Waals surface area contributed by atoms with Gasteiger partial charge >= 0.3 is 0 Å². The molecule has 0 aliphatic carbocycles. The van der Waals surface area contributed by atoms with Gasteiger partial charge in [0.15, 0.2) is 0 Å². The number of rotatable bonds is 7. The van der Waals surface area contributed by atoms with Crippen LogP contribution in [-0.2, 0) is 13.0 Å². The first-order valence-corrected chi connectivity index (χ1v) is 10.8. The summed E-state index contributed by atoms with van der Waals surface area (Å²) in [7, 11) is 0. The number of hydrogen-bond donors (Lipinski definition) is 2. The van der Waals surface area contributed by atoms with Crippen molar-refractivity contribution >= 4 is 17.4 Å². The summed E-state index contributed by atoms with van der Waals surface area (Å²) in [6.45, 7) is 4.47. The zero-order valence-corrected chi connectivity index (χ0v) is 17.8. The number of nitrogens with one attached hydrogen (secondary N) is 2. The number of amides is 1. The molecular weight excluding hydrogens is 388 g/mol. The maximum absolute atomic E-state index is 12.5. The molecule has 1 aliphatic heterocycles. The fraction of sp³-hybridized carbons (Fsp3) is 0.333. The van der Waals surface area contributed by atoms with Crippen LogP contribution in [0.2, 0.25) is 0 Å². The molecule has 1 aromatic carbocycles. The Bertz CT molecular complexity index is 1000. The molecule has 1 amide bonds. The van der Waals surface area contributed by atoms with Crippen LogP contribution in [0.15, 0.2) is 61.1 Å². The summed E-state index contributed by atoms with van der Waals surface area (Å²) in [6, 6.07) is 16.0. The Morgan fingerprint density at radius 2 is 1.87 bits per heavy atom. The first-order valence-electron chi connectivity index (χ1n) is 10.8. The van der Waals surface area contributed by atoms with Crippen LogP contribution in [0.4, 0.5) is 11.5 Å². The zero-order valence-electron chi connectivity index (χ0n) is 17.8. The number of hydrogen-bond acceptors (Lipinski definition) is 6. The summed E-state index contributed by atoms with van der Waals surface area (Å²) in [4.78, 5) is 27.8. The second-order valence-electron chi connectivity index (χ2n) is 7.72. The molecule has 1 saturated heterocycles. The van der Waals surface area contributed by atoms with Gasteiger partial charge in [-0.25, -0.2) is 9.97 Å². The molecule has 3 heterocycles. The van der Waals surface area contributed by atoms with E-state index >= 15 is 0 Å². The minimum atomic E-state index is -0.169. The quantitative estimate of drug-likeness (QED) is 0.614. The van der Waals surface area contributed by atoms with Gasteiger partial charge in [0, 0.05) is 49.3 Å². The zero-order chi connectivity index (χ0) is 21.5.